The normalized spacial score (nSPS) is 8.74. The number of hydrogen-bond donors (Lipinski definition) is 1. The number of aliphatic carboxylic acids is 1. The van der Waals surface area contributed by atoms with Crippen LogP contribution in [0.15, 0.2) is 42.5 Å². The summed E-state index contributed by atoms with van der Waals surface area (Å²) < 4.78 is 6.77. The summed E-state index contributed by atoms with van der Waals surface area (Å²) in [6.45, 7) is 1.75. The van der Waals surface area contributed by atoms with Crippen LogP contribution in [-0.4, -0.2) is 93.8 Å². The zero-order chi connectivity index (χ0) is 18.1. The number of ether oxygens (including phenoxy) is 1. The molecule has 0 spiro atoms. The molecular weight excluding hydrogens is 462 g/mol. The summed E-state index contributed by atoms with van der Waals surface area (Å²) >= 11 is 5.89. The number of rotatable bonds is 4. The molecule has 31 heavy (non-hydrogen) atoms. The van der Waals surface area contributed by atoms with Crippen LogP contribution in [0, 0.1) is 6.92 Å². The molecule has 0 aliphatic carbocycles. The molecule has 10 nitrogen and oxygen atoms in total. The standard InChI is InChI=1S/C19H16ClNO4.Ca.5H2O/c1-11-15(10-18(22)23)16-9-14(25-2)7-8-17(16)21(11)19(24)12-3-5-13(20)6-4-12;;;;;;/h3-9H,10H2,1-2H3,(H,22,23);;5*1H2/q;+2;;;;;. The minimum Gasteiger partial charge on any atom is -0.497 e. The minimum absolute atomic E-state index is 0. The number of fused-ring (bicyclic) bond motifs is 1. The Hall–Kier alpha value is -1.73. The fourth-order valence-corrected chi connectivity index (χ4v) is 3.07. The van der Waals surface area contributed by atoms with Crippen LogP contribution in [0.1, 0.15) is 21.6 Å². The smallest absolute Gasteiger partial charge is 0.497 e. The number of carboxylic acid groups (broad SMARTS) is 1. The summed E-state index contributed by atoms with van der Waals surface area (Å²) in [6, 6.07) is 11.9. The first-order chi connectivity index (χ1) is 11.9. The number of carboxylic acids is 1. The molecule has 0 amide bonds. The number of methoxy groups -OCH3 is 1. The maximum absolute atomic E-state index is 13.0. The van der Waals surface area contributed by atoms with Crippen molar-refractivity contribution < 1.29 is 46.8 Å². The van der Waals surface area contributed by atoms with E-state index in [0.29, 0.717) is 38.5 Å². The van der Waals surface area contributed by atoms with Crippen LogP contribution < -0.4 is 4.74 Å². The third kappa shape index (κ3) is 7.42. The Morgan fingerprint density at radius 3 is 2.03 bits per heavy atom. The molecule has 12 heteroatoms. The molecule has 1 heterocycles. The SMILES string of the molecule is COc1ccc2c(c1)c(CC(=O)O)c(C)n2C(=O)c1ccc(Cl)cc1.O.O.O.O.O.[Ca+2]. The number of aromatic nitrogens is 1. The number of nitrogens with zero attached hydrogens (tertiary/aromatic N) is 1. The van der Waals surface area contributed by atoms with Crippen molar-refractivity contribution >= 4 is 72.1 Å². The van der Waals surface area contributed by atoms with Crippen LogP contribution >= 0.6 is 11.6 Å². The third-order valence-corrected chi connectivity index (χ3v) is 4.42. The van der Waals surface area contributed by atoms with E-state index in [1.807, 2.05) is 0 Å². The van der Waals surface area contributed by atoms with Crippen molar-refractivity contribution in [3.05, 3.63) is 64.3 Å². The molecule has 0 aliphatic rings. The van der Waals surface area contributed by atoms with Gasteiger partial charge < -0.3 is 37.2 Å². The number of carbonyl (C=O) groups is 2. The van der Waals surface area contributed by atoms with Gasteiger partial charge in [0.1, 0.15) is 5.75 Å². The van der Waals surface area contributed by atoms with E-state index < -0.39 is 5.97 Å². The first-order valence-corrected chi connectivity index (χ1v) is 8.00. The molecule has 0 unspecified atom stereocenters. The molecule has 11 N–H and O–H groups in total. The van der Waals surface area contributed by atoms with Gasteiger partial charge in [0, 0.05) is 21.7 Å². The average Bonchev–Trinajstić information content (AvgIpc) is 2.86. The molecule has 0 fully saturated rings. The number of halogens is 1. The number of hydrogen-bond acceptors (Lipinski definition) is 3. The van der Waals surface area contributed by atoms with E-state index in [1.165, 1.54) is 4.57 Å². The fraction of sp³-hybridized carbons (Fsp3) is 0.158. The molecular formula is C19H26CaClNO9+2. The van der Waals surface area contributed by atoms with Gasteiger partial charge in [-0.15, -0.1) is 0 Å². The second kappa shape index (κ2) is 15.1. The van der Waals surface area contributed by atoms with Crippen LogP contribution in [0.2, 0.25) is 5.02 Å². The fourth-order valence-electron chi connectivity index (χ4n) is 2.95. The van der Waals surface area contributed by atoms with Crippen molar-refractivity contribution in [1.29, 1.82) is 0 Å². The van der Waals surface area contributed by atoms with Crippen LogP contribution in [0.5, 0.6) is 5.75 Å². The molecule has 1 aromatic heterocycles. The molecule has 3 aromatic rings. The maximum Gasteiger partial charge on any atom is 2.00 e. The Kier molecular flexibility index (Phi) is 17.9. The summed E-state index contributed by atoms with van der Waals surface area (Å²) in [7, 11) is 1.54. The van der Waals surface area contributed by atoms with Crippen LogP contribution in [0.4, 0.5) is 0 Å². The maximum atomic E-state index is 13.0. The van der Waals surface area contributed by atoms with Gasteiger partial charge in [-0.05, 0) is 55.0 Å². The molecule has 0 bridgehead atoms. The second-order valence-electron chi connectivity index (χ2n) is 5.67. The molecule has 0 atom stereocenters. The Morgan fingerprint density at radius 1 is 1.00 bits per heavy atom. The van der Waals surface area contributed by atoms with E-state index in [9.17, 15) is 14.7 Å². The van der Waals surface area contributed by atoms with E-state index in [1.54, 1.807) is 56.5 Å². The van der Waals surface area contributed by atoms with Crippen molar-refractivity contribution in [1.82, 2.24) is 4.57 Å². The Labute approximate surface area is 212 Å². The molecule has 0 aliphatic heterocycles. The van der Waals surface area contributed by atoms with Gasteiger partial charge in [0.2, 0.25) is 0 Å². The van der Waals surface area contributed by atoms with Gasteiger partial charge in [-0.25, -0.2) is 0 Å². The Bertz CT molecular complexity index is 990. The van der Waals surface area contributed by atoms with Gasteiger partial charge in [0.05, 0.1) is 19.0 Å². The summed E-state index contributed by atoms with van der Waals surface area (Å²) in [5.41, 5.74) is 2.32. The van der Waals surface area contributed by atoms with Gasteiger partial charge in [-0.2, -0.15) is 0 Å². The van der Waals surface area contributed by atoms with Gasteiger partial charge >= 0.3 is 43.7 Å². The zero-order valence-corrected chi connectivity index (χ0v) is 19.9. The van der Waals surface area contributed by atoms with Crippen molar-refractivity contribution in [2.45, 2.75) is 13.3 Å². The van der Waals surface area contributed by atoms with E-state index in [-0.39, 0.29) is 77.4 Å². The molecule has 3 rings (SSSR count). The van der Waals surface area contributed by atoms with E-state index in [2.05, 4.69) is 0 Å². The number of carbonyl (C=O) groups excluding carboxylic acids is 1. The van der Waals surface area contributed by atoms with E-state index in [0.717, 1.165) is 0 Å². The third-order valence-electron chi connectivity index (χ3n) is 4.16. The van der Waals surface area contributed by atoms with E-state index in [4.69, 9.17) is 16.3 Å². The quantitative estimate of drug-likeness (QED) is 0.476. The summed E-state index contributed by atoms with van der Waals surface area (Å²) in [6.07, 6.45) is -0.170. The average molecular weight is 488 g/mol. The van der Waals surface area contributed by atoms with Crippen molar-refractivity contribution in [2.24, 2.45) is 0 Å². The van der Waals surface area contributed by atoms with Crippen LogP contribution in [-0.2, 0) is 11.2 Å². The number of benzene rings is 2. The molecule has 0 saturated heterocycles. The van der Waals surface area contributed by atoms with Crippen LogP contribution in [0.3, 0.4) is 0 Å². The summed E-state index contributed by atoms with van der Waals surface area (Å²) in [5.74, 6) is -0.583. The minimum atomic E-state index is -0.955. The predicted molar refractivity (Wildman–Crippen MR) is 120 cm³/mol. The van der Waals surface area contributed by atoms with Crippen molar-refractivity contribution in [2.75, 3.05) is 7.11 Å². The Morgan fingerprint density at radius 2 is 1.55 bits per heavy atom. The molecule has 0 radical (unpaired) electrons. The Balaban J connectivity index is -0.000000607. The van der Waals surface area contributed by atoms with Crippen molar-refractivity contribution in [3.8, 4) is 5.75 Å². The summed E-state index contributed by atoms with van der Waals surface area (Å²) in [5, 5.41) is 10.5. The van der Waals surface area contributed by atoms with Gasteiger partial charge in [-0.1, -0.05) is 11.6 Å². The topological polar surface area (TPSA) is 226 Å². The van der Waals surface area contributed by atoms with Gasteiger partial charge in [-0.3, -0.25) is 14.2 Å². The second-order valence-corrected chi connectivity index (χ2v) is 6.10. The predicted octanol–water partition coefficient (Wildman–Crippen LogP) is -0.577. The molecule has 0 saturated carbocycles. The van der Waals surface area contributed by atoms with Crippen LogP contribution in [0.25, 0.3) is 10.9 Å². The van der Waals surface area contributed by atoms with Gasteiger partial charge in [0.25, 0.3) is 5.91 Å². The zero-order valence-electron chi connectivity index (χ0n) is 17.0. The largest absolute Gasteiger partial charge is 2.00 e. The van der Waals surface area contributed by atoms with E-state index >= 15 is 0 Å². The molecule has 168 valence electrons. The summed E-state index contributed by atoms with van der Waals surface area (Å²) in [4.78, 5) is 24.3. The first-order valence-electron chi connectivity index (χ1n) is 7.62. The van der Waals surface area contributed by atoms with Crippen molar-refractivity contribution in [3.63, 3.8) is 0 Å². The monoisotopic (exact) mass is 487 g/mol. The molecule has 2 aromatic carbocycles. The van der Waals surface area contributed by atoms with Gasteiger partial charge in [0.15, 0.2) is 0 Å². The first kappa shape index (κ1) is 36.6.